The highest BCUT2D eigenvalue weighted by Gasteiger charge is 2.10. The van der Waals surface area contributed by atoms with Crippen LogP contribution in [0.1, 0.15) is 16.1 Å². The number of nitrogens with two attached hydrogens (primary N) is 1. The Kier molecular flexibility index (Phi) is 4.25. The Hall–Kier alpha value is -2.49. The molecule has 1 heterocycles. The summed E-state index contributed by atoms with van der Waals surface area (Å²) in [6.07, 6.45) is 1.29. The summed E-state index contributed by atoms with van der Waals surface area (Å²) in [7, 11) is 0. The molecule has 7 heteroatoms. The van der Waals surface area contributed by atoms with Crippen molar-refractivity contribution in [2.75, 3.05) is 11.9 Å². The Bertz CT molecular complexity index is 751. The summed E-state index contributed by atoms with van der Waals surface area (Å²) in [5.41, 5.74) is 6.02. The minimum absolute atomic E-state index is 0.118. The number of rotatable bonds is 2. The van der Waals surface area contributed by atoms with Crippen LogP contribution in [-0.2, 0) is 0 Å². The third kappa shape index (κ3) is 3.29. The van der Waals surface area contributed by atoms with E-state index >= 15 is 0 Å². The highest BCUT2D eigenvalue weighted by atomic mass is 35.5. The largest absolute Gasteiger partial charge is 0.323 e. The van der Waals surface area contributed by atoms with E-state index in [9.17, 15) is 9.59 Å². The van der Waals surface area contributed by atoms with Crippen LogP contribution in [-0.4, -0.2) is 22.4 Å². The first kappa shape index (κ1) is 13.9. The number of hydrogen-bond donors (Lipinski definition) is 4. The molecule has 5 N–H and O–H groups in total. The van der Waals surface area contributed by atoms with E-state index < -0.39 is 11.6 Å². The molecule has 0 aliphatic heterocycles. The fourth-order valence-corrected chi connectivity index (χ4v) is 1.69. The number of aromatic nitrogens is 2. The molecule has 2 rings (SSSR count). The topological polar surface area (TPSA) is 104 Å². The summed E-state index contributed by atoms with van der Waals surface area (Å²) in [6, 6.07) is 4.92. The van der Waals surface area contributed by atoms with Crippen molar-refractivity contribution in [3.63, 3.8) is 0 Å². The second-order valence-electron chi connectivity index (χ2n) is 3.81. The first-order valence-electron chi connectivity index (χ1n) is 5.67. The lowest BCUT2D eigenvalue weighted by Gasteiger charge is -2.06. The lowest BCUT2D eigenvalue weighted by molar-refractivity contribution is 0.102. The van der Waals surface area contributed by atoms with Gasteiger partial charge in [-0.1, -0.05) is 23.4 Å². The second kappa shape index (κ2) is 6.10. The molecule has 0 aliphatic rings. The lowest BCUT2D eigenvalue weighted by atomic mass is 10.1. The number of nitrogens with one attached hydrogen (secondary N) is 3. The van der Waals surface area contributed by atoms with Crippen LogP contribution in [0.3, 0.4) is 0 Å². The number of carbonyl (C=O) groups is 1. The van der Waals surface area contributed by atoms with Gasteiger partial charge in [0.25, 0.3) is 5.91 Å². The highest BCUT2D eigenvalue weighted by molar-refractivity contribution is 6.31. The van der Waals surface area contributed by atoms with E-state index in [1.165, 1.54) is 6.20 Å². The molecule has 0 unspecified atom stereocenters. The Balaban J connectivity index is 2.30. The first-order valence-corrected chi connectivity index (χ1v) is 6.05. The molecule has 102 valence electrons. The maximum absolute atomic E-state index is 11.9. The Morgan fingerprint density at radius 3 is 2.90 bits per heavy atom. The minimum atomic E-state index is -0.471. The standard InChI is InChI=1S/C13H11ClN4O2/c14-9-4-3-8(2-1-5-15)10(6-9)17-12(19)11-7-16-13(20)18-11/h3-4,6-7H,5,15H2,(H,17,19)(H2,16,18,20). The van der Waals surface area contributed by atoms with E-state index in [-0.39, 0.29) is 12.2 Å². The van der Waals surface area contributed by atoms with Gasteiger partial charge in [0, 0.05) is 16.8 Å². The summed E-state index contributed by atoms with van der Waals surface area (Å²) in [4.78, 5) is 27.6. The van der Waals surface area contributed by atoms with Crippen molar-refractivity contribution in [2.45, 2.75) is 0 Å². The summed E-state index contributed by atoms with van der Waals surface area (Å²) in [5, 5.41) is 3.09. The average molecular weight is 291 g/mol. The zero-order valence-electron chi connectivity index (χ0n) is 10.3. The zero-order valence-corrected chi connectivity index (χ0v) is 11.0. The van der Waals surface area contributed by atoms with Crippen molar-refractivity contribution >= 4 is 23.2 Å². The predicted molar refractivity (Wildman–Crippen MR) is 76.8 cm³/mol. The highest BCUT2D eigenvalue weighted by Crippen LogP contribution is 2.20. The molecule has 1 aromatic heterocycles. The van der Waals surface area contributed by atoms with Crippen molar-refractivity contribution < 1.29 is 4.79 Å². The van der Waals surface area contributed by atoms with E-state index in [4.69, 9.17) is 17.3 Å². The lowest BCUT2D eigenvalue weighted by Crippen LogP contribution is -2.14. The van der Waals surface area contributed by atoms with Crippen molar-refractivity contribution in [2.24, 2.45) is 5.73 Å². The van der Waals surface area contributed by atoms with Gasteiger partial charge in [-0.05, 0) is 18.2 Å². The van der Waals surface area contributed by atoms with Gasteiger partial charge < -0.3 is 21.0 Å². The van der Waals surface area contributed by atoms with Gasteiger partial charge in [-0.3, -0.25) is 4.79 Å². The van der Waals surface area contributed by atoms with Crippen molar-refractivity contribution in [1.82, 2.24) is 9.97 Å². The van der Waals surface area contributed by atoms with E-state index in [1.807, 2.05) is 0 Å². The molecule has 0 radical (unpaired) electrons. The Morgan fingerprint density at radius 2 is 2.25 bits per heavy atom. The Labute approximate surface area is 119 Å². The number of halogens is 1. The SMILES string of the molecule is NCC#Cc1ccc(Cl)cc1NC(=O)c1c[nH]c(=O)[nH]1. The van der Waals surface area contributed by atoms with Crippen LogP contribution in [0.4, 0.5) is 5.69 Å². The molecule has 6 nitrogen and oxygen atoms in total. The number of carbonyl (C=O) groups excluding carboxylic acids is 1. The molecule has 1 aromatic carbocycles. The number of imidazole rings is 1. The number of amides is 1. The van der Waals surface area contributed by atoms with Crippen LogP contribution >= 0.6 is 11.6 Å². The molecule has 0 aliphatic carbocycles. The fraction of sp³-hybridized carbons (Fsp3) is 0.0769. The smallest absolute Gasteiger partial charge is 0.320 e. The van der Waals surface area contributed by atoms with E-state index in [2.05, 4.69) is 27.1 Å². The van der Waals surface area contributed by atoms with Crippen LogP contribution in [0.5, 0.6) is 0 Å². The van der Waals surface area contributed by atoms with E-state index in [1.54, 1.807) is 18.2 Å². The van der Waals surface area contributed by atoms with Gasteiger partial charge in [-0.2, -0.15) is 0 Å². The van der Waals surface area contributed by atoms with Crippen molar-refractivity contribution in [3.8, 4) is 11.8 Å². The van der Waals surface area contributed by atoms with Gasteiger partial charge in [0.15, 0.2) is 0 Å². The molecule has 0 fully saturated rings. The molecule has 0 spiro atoms. The van der Waals surface area contributed by atoms with Crippen LogP contribution in [0, 0.1) is 11.8 Å². The molecule has 0 saturated carbocycles. The van der Waals surface area contributed by atoms with Gasteiger partial charge in [-0.15, -0.1) is 0 Å². The molecule has 2 aromatic rings. The third-order valence-electron chi connectivity index (χ3n) is 2.40. The zero-order chi connectivity index (χ0) is 14.5. The number of anilines is 1. The third-order valence-corrected chi connectivity index (χ3v) is 2.63. The first-order chi connectivity index (χ1) is 9.60. The number of H-pyrrole nitrogens is 2. The summed E-state index contributed by atoms with van der Waals surface area (Å²) in [6.45, 7) is 0.209. The summed E-state index contributed by atoms with van der Waals surface area (Å²) in [5.74, 6) is 5.06. The quantitative estimate of drug-likeness (QED) is 0.618. The molecule has 20 heavy (non-hydrogen) atoms. The van der Waals surface area contributed by atoms with Crippen molar-refractivity contribution in [1.29, 1.82) is 0 Å². The minimum Gasteiger partial charge on any atom is -0.320 e. The second-order valence-corrected chi connectivity index (χ2v) is 4.24. The number of hydrogen-bond acceptors (Lipinski definition) is 3. The van der Waals surface area contributed by atoms with Gasteiger partial charge in [-0.25, -0.2) is 4.79 Å². The number of benzene rings is 1. The van der Waals surface area contributed by atoms with Gasteiger partial charge >= 0.3 is 5.69 Å². The van der Waals surface area contributed by atoms with Gasteiger partial charge in [0.05, 0.1) is 12.2 Å². The number of aromatic amines is 2. The van der Waals surface area contributed by atoms with E-state index in [0.29, 0.717) is 16.3 Å². The maximum Gasteiger partial charge on any atom is 0.323 e. The molecular formula is C13H11ClN4O2. The van der Waals surface area contributed by atoms with Crippen LogP contribution in [0.15, 0.2) is 29.2 Å². The van der Waals surface area contributed by atoms with Crippen LogP contribution < -0.4 is 16.7 Å². The van der Waals surface area contributed by atoms with E-state index in [0.717, 1.165) is 0 Å². The fourth-order valence-electron chi connectivity index (χ4n) is 1.52. The molecule has 0 atom stereocenters. The maximum atomic E-state index is 11.9. The molecule has 1 amide bonds. The van der Waals surface area contributed by atoms with Crippen LogP contribution in [0.25, 0.3) is 0 Å². The van der Waals surface area contributed by atoms with Crippen LogP contribution in [0.2, 0.25) is 5.02 Å². The predicted octanol–water partition coefficient (Wildman–Crippen LogP) is 0.919. The normalized spacial score (nSPS) is 9.70. The monoisotopic (exact) mass is 290 g/mol. The summed E-state index contributed by atoms with van der Waals surface area (Å²) >= 11 is 5.90. The summed E-state index contributed by atoms with van der Waals surface area (Å²) < 4.78 is 0. The molecule has 0 saturated heterocycles. The molecular weight excluding hydrogens is 280 g/mol. The molecule has 0 bridgehead atoms. The van der Waals surface area contributed by atoms with Gasteiger partial charge in [0.2, 0.25) is 0 Å². The van der Waals surface area contributed by atoms with Gasteiger partial charge in [0.1, 0.15) is 5.69 Å². The average Bonchev–Trinajstić information content (AvgIpc) is 2.85. The Morgan fingerprint density at radius 1 is 1.45 bits per heavy atom. The van der Waals surface area contributed by atoms with Crippen molar-refractivity contribution in [3.05, 3.63) is 51.2 Å².